The summed E-state index contributed by atoms with van der Waals surface area (Å²) in [7, 11) is 0. The highest BCUT2D eigenvalue weighted by Crippen LogP contribution is 2.24. The predicted octanol–water partition coefficient (Wildman–Crippen LogP) is 5.78. The Morgan fingerprint density at radius 2 is 1.79 bits per heavy atom. The van der Waals surface area contributed by atoms with Crippen LogP contribution in [-0.4, -0.2) is 15.3 Å². The number of rotatable bonds is 5. The number of halogens is 2. The van der Waals surface area contributed by atoms with E-state index in [-0.39, 0.29) is 11.4 Å². The van der Waals surface area contributed by atoms with Gasteiger partial charge in [0, 0.05) is 29.1 Å². The van der Waals surface area contributed by atoms with Crippen molar-refractivity contribution in [3.8, 4) is 17.3 Å². The SMILES string of the molecule is CC(=Nn1c(-c2ccc([N+](=O)[O-])cc2)csc1=Nc1ccc(F)cc1F)c1ccc(C#N)cc1. The second-order valence-corrected chi connectivity index (χ2v) is 7.94. The first-order valence-electron chi connectivity index (χ1n) is 9.87. The van der Waals surface area contributed by atoms with Crippen LogP contribution in [-0.2, 0) is 0 Å². The minimum absolute atomic E-state index is 0.0545. The Balaban J connectivity index is 1.88. The van der Waals surface area contributed by atoms with Gasteiger partial charge in [-0.3, -0.25) is 10.1 Å². The smallest absolute Gasteiger partial charge is 0.258 e. The topological polar surface area (TPSA) is 96.6 Å². The van der Waals surface area contributed by atoms with Gasteiger partial charge in [0.1, 0.15) is 11.5 Å². The molecule has 0 bridgehead atoms. The molecule has 1 heterocycles. The third-order valence-corrected chi connectivity index (χ3v) is 5.68. The fraction of sp³-hybridized carbons (Fsp3) is 0.0417. The maximum absolute atomic E-state index is 14.3. The van der Waals surface area contributed by atoms with Gasteiger partial charge in [0.25, 0.3) is 5.69 Å². The Bertz CT molecular complexity index is 1510. The summed E-state index contributed by atoms with van der Waals surface area (Å²) >= 11 is 1.18. The molecule has 3 aromatic carbocycles. The molecule has 0 saturated heterocycles. The third-order valence-electron chi connectivity index (χ3n) is 4.87. The van der Waals surface area contributed by atoms with Gasteiger partial charge in [0.2, 0.25) is 4.80 Å². The number of nitrogens with zero attached hydrogens (tertiary/aromatic N) is 5. The van der Waals surface area contributed by atoms with Crippen molar-refractivity contribution >= 4 is 28.4 Å². The van der Waals surface area contributed by atoms with Crippen LogP contribution in [0.2, 0.25) is 0 Å². The van der Waals surface area contributed by atoms with Gasteiger partial charge in [0.05, 0.1) is 28.0 Å². The maximum atomic E-state index is 14.3. The van der Waals surface area contributed by atoms with E-state index in [1.165, 1.54) is 34.2 Å². The molecule has 0 saturated carbocycles. The Kier molecular flexibility index (Phi) is 6.38. The summed E-state index contributed by atoms with van der Waals surface area (Å²) in [5.41, 5.74) is 2.96. The van der Waals surface area contributed by atoms with Crippen LogP contribution in [0.5, 0.6) is 0 Å². The summed E-state index contributed by atoms with van der Waals surface area (Å²) in [5.74, 6) is -1.53. The molecule has 0 N–H and O–H groups in total. The fourth-order valence-corrected chi connectivity index (χ4v) is 3.94. The summed E-state index contributed by atoms with van der Waals surface area (Å²) in [4.78, 5) is 15.2. The predicted molar refractivity (Wildman–Crippen MR) is 125 cm³/mol. The fourth-order valence-electron chi connectivity index (χ4n) is 3.09. The largest absolute Gasteiger partial charge is 0.269 e. The molecule has 0 amide bonds. The van der Waals surface area contributed by atoms with E-state index in [4.69, 9.17) is 5.26 Å². The second-order valence-electron chi connectivity index (χ2n) is 7.10. The highest BCUT2D eigenvalue weighted by atomic mass is 32.1. The lowest BCUT2D eigenvalue weighted by Gasteiger charge is -2.07. The van der Waals surface area contributed by atoms with Crippen LogP contribution in [0.4, 0.5) is 20.2 Å². The minimum atomic E-state index is -0.815. The zero-order chi connectivity index (χ0) is 24.2. The maximum Gasteiger partial charge on any atom is 0.269 e. The normalized spacial score (nSPS) is 11.9. The van der Waals surface area contributed by atoms with E-state index in [1.807, 2.05) is 0 Å². The molecular weight excluding hydrogens is 460 g/mol. The van der Waals surface area contributed by atoms with E-state index in [2.05, 4.69) is 16.2 Å². The van der Waals surface area contributed by atoms with E-state index in [1.54, 1.807) is 48.7 Å². The van der Waals surface area contributed by atoms with Gasteiger partial charge in [-0.05, 0) is 48.9 Å². The second kappa shape index (κ2) is 9.56. The lowest BCUT2D eigenvalue weighted by Crippen LogP contribution is -2.14. The van der Waals surface area contributed by atoms with Crippen molar-refractivity contribution in [1.82, 2.24) is 4.68 Å². The molecule has 1 aromatic heterocycles. The summed E-state index contributed by atoms with van der Waals surface area (Å²) in [6.45, 7) is 1.77. The number of aromatic nitrogens is 1. The summed E-state index contributed by atoms with van der Waals surface area (Å²) in [5, 5.41) is 26.4. The number of benzene rings is 3. The van der Waals surface area contributed by atoms with Gasteiger partial charge in [-0.15, -0.1) is 11.3 Å². The van der Waals surface area contributed by atoms with Crippen molar-refractivity contribution < 1.29 is 13.7 Å². The van der Waals surface area contributed by atoms with E-state index in [9.17, 15) is 18.9 Å². The molecule has 4 rings (SSSR count). The zero-order valence-electron chi connectivity index (χ0n) is 17.6. The van der Waals surface area contributed by atoms with E-state index in [0.29, 0.717) is 27.3 Å². The Morgan fingerprint density at radius 1 is 1.09 bits per heavy atom. The average Bonchev–Trinajstić information content (AvgIpc) is 3.22. The van der Waals surface area contributed by atoms with Gasteiger partial charge in [-0.1, -0.05) is 12.1 Å². The summed E-state index contributed by atoms with van der Waals surface area (Å²) < 4.78 is 29.1. The molecule has 0 spiro atoms. The lowest BCUT2D eigenvalue weighted by atomic mass is 10.1. The first kappa shape index (κ1) is 22.7. The standard InChI is InChI=1S/C24H15F2N5O2S/c1-15(17-4-2-16(13-27)3-5-17)29-30-23(18-6-9-20(10-7-18)31(32)33)14-34-24(30)28-22-11-8-19(25)12-21(22)26/h2-12,14H,1H3. The molecule has 4 aromatic rings. The van der Waals surface area contributed by atoms with Crippen molar-refractivity contribution in [1.29, 1.82) is 5.26 Å². The average molecular weight is 475 g/mol. The molecule has 34 heavy (non-hydrogen) atoms. The van der Waals surface area contributed by atoms with Gasteiger partial charge in [-0.2, -0.15) is 10.4 Å². The molecule has 0 atom stereocenters. The van der Waals surface area contributed by atoms with Gasteiger partial charge >= 0.3 is 0 Å². The van der Waals surface area contributed by atoms with Crippen LogP contribution >= 0.6 is 11.3 Å². The molecule has 0 aliphatic carbocycles. The number of non-ortho nitro benzene ring substituents is 1. The minimum Gasteiger partial charge on any atom is -0.258 e. The third kappa shape index (κ3) is 4.79. The van der Waals surface area contributed by atoms with Crippen LogP contribution in [0.3, 0.4) is 0 Å². The van der Waals surface area contributed by atoms with Crippen molar-refractivity contribution in [2.75, 3.05) is 0 Å². The molecule has 7 nitrogen and oxygen atoms in total. The number of hydrogen-bond donors (Lipinski definition) is 0. The Hall–Kier alpha value is -4.49. The molecule has 0 fully saturated rings. The first-order valence-corrected chi connectivity index (χ1v) is 10.7. The number of nitriles is 1. The lowest BCUT2D eigenvalue weighted by molar-refractivity contribution is -0.384. The van der Waals surface area contributed by atoms with Crippen LogP contribution in [0.15, 0.2) is 82.2 Å². The van der Waals surface area contributed by atoms with E-state index < -0.39 is 16.6 Å². The highest BCUT2D eigenvalue weighted by Gasteiger charge is 2.12. The van der Waals surface area contributed by atoms with Crippen LogP contribution in [0, 0.1) is 33.1 Å². The van der Waals surface area contributed by atoms with Gasteiger partial charge in [0.15, 0.2) is 5.82 Å². The van der Waals surface area contributed by atoms with Crippen LogP contribution < -0.4 is 4.80 Å². The van der Waals surface area contributed by atoms with Crippen LogP contribution in [0.1, 0.15) is 18.1 Å². The van der Waals surface area contributed by atoms with Gasteiger partial charge in [-0.25, -0.2) is 18.4 Å². The summed E-state index contributed by atoms with van der Waals surface area (Å²) in [6, 6.07) is 17.9. The Labute approximate surface area is 196 Å². The van der Waals surface area contributed by atoms with E-state index >= 15 is 0 Å². The van der Waals surface area contributed by atoms with Crippen molar-refractivity contribution in [2.45, 2.75) is 6.92 Å². The number of thiazole rings is 1. The quantitative estimate of drug-likeness (QED) is 0.208. The first-order chi connectivity index (χ1) is 16.4. The van der Waals surface area contributed by atoms with Gasteiger partial charge < -0.3 is 0 Å². The van der Waals surface area contributed by atoms with Crippen LogP contribution in [0.25, 0.3) is 11.3 Å². The highest BCUT2D eigenvalue weighted by molar-refractivity contribution is 7.07. The molecule has 168 valence electrons. The monoisotopic (exact) mass is 475 g/mol. The molecule has 0 aliphatic heterocycles. The Morgan fingerprint density at radius 3 is 2.41 bits per heavy atom. The van der Waals surface area contributed by atoms with Crippen molar-refractivity contribution in [3.63, 3.8) is 0 Å². The molecule has 10 heteroatoms. The van der Waals surface area contributed by atoms with Crippen molar-refractivity contribution in [2.24, 2.45) is 10.1 Å². The zero-order valence-corrected chi connectivity index (χ0v) is 18.5. The van der Waals surface area contributed by atoms with E-state index in [0.717, 1.165) is 17.7 Å². The molecule has 0 aliphatic rings. The molecule has 0 unspecified atom stereocenters. The number of nitro benzene ring substituents is 1. The molecular formula is C24H15F2N5O2S. The summed E-state index contributed by atoms with van der Waals surface area (Å²) in [6.07, 6.45) is 0. The van der Waals surface area contributed by atoms with Crippen molar-refractivity contribution in [3.05, 3.63) is 110 Å². The number of hydrogen-bond acceptors (Lipinski definition) is 6. The number of nitro groups is 1. The molecule has 0 radical (unpaired) electrons.